The molecule has 1 saturated carbocycles. The maximum atomic E-state index is 13.0. The molecule has 0 spiro atoms. The molecule has 66 heavy (non-hydrogen) atoms. The standard InChI is InChI=1S/C47H80O17P2/c1-3-5-7-9-11-12-13-14-15-16-17-18-22-26-30-34-40(49)60-36-39(37-61-66(58,59)64-47-44(53)42(51)43(52)46(45(47)54)63-65(55,56)57)62-41(50)35-31-27-23-20-19-21-25-29-33-38(48)32-28-24-10-8-6-4-2/h6,8,12-13,20-21,23-25,28-29,33,38-39,42-48,51-54H,3-5,7,9-11,14-19,22,26-27,30-32,34-37H2,1-2H3,(H,58,59)(H2,55,56,57)/b8-6-,13-12-,23-20-,25-21-,28-24-,33-29+/t38?,39-,42?,43?,44?,45?,46-,47+/m1/s1. The molecule has 0 amide bonds. The molecule has 1 rings (SSSR count). The first kappa shape index (κ1) is 61.4. The molecule has 0 aromatic rings. The van der Waals surface area contributed by atoms with Crippen molar-refractivity contribution in [3.8, 4) is 0 Å². The zero-order valence-electron chi connectivity index (χ0n) is 39.0. The van der Waals surface area contributed by atoms with Crippen LogP contribution in [0.1, 0.15) is 149 Å². The van der Waals surface area contributed by atoms with Gasteiger partial charge in [-0.15, -0.1) is 0 Å². The van der Waals surface area contributed by atoms with Gasteiger partial charge in [0.15, 0.2) is 6.10 Å². The Hall–Kier alpha value is -2.60. The fourth-order valence-corrected chi connectivity index (χ4v) is 8.21. The maximum absolute atomic E-state index is 13.0. The van der Waals surface area contributed by atoms with Crippen molar-refractivity contribution in [3.63, 3.8) is 0 Å². The van der Waals surface area contributed by atoms with Gasteiger partial charge in [-0.25, -0.2) is 9.13 Å². The third-order valence-corrected chi connectivity index (χ3v) is 11.8. The van der Waals surface area contributed by atoms with Crippen molar-refractivity contribution in [2.75, 3.05) is 13.2 Å². The summed E-state index contributed by atoms with van der Waals surface area (Å²) in [6.45, 7) is 2.85. The molecule has 380 valence electrons. The van der Waals surface area contributed by atoms with Crippen LogP contribution in [0.5, 0.6) is 0 Å². The van der Waals surface area contributed by atoms with Gasteiger partial charge in [-0.2, -0.15) is 0 Å². The van der Waals surface area contributed by atoms with Gasteiger partial charge in [0, 0.05) is 12.8 Å². The second-order valence-corrected chi connectivity index (χ2v) is 18.9. The second kappa shape index (κ2) is 37.3. The molecule has 1 aliphatic rings. The molecule has 0 heterocycles. The Morgan fingerprint density at radius 3 is 1.77 bits per heavy atom. The quantitative estimate of drug-likeness (QED) is 0.00963. The fraction of sp³-hybridized carbons (Fsp3) is 0.702. The van der Waals surface area contributed by atoms with Crippen LogP contribution < -0.4 is 0 Å². The number of hydrogen-bond donors (Lipinski definition) is 8. The summed E-state index contributed by atoms with van der Waals surface area (Å²) in [7, 11) is -10.7. The minimum absolute atomic E-state index is 0.0701. The van der Waals surface area contributed by atoms with Gasteiger partial charge in [-0.1, -0.05) is 138 Å². The van der Waals surface area contributed by atoms with Gasteiger partial charge in [0.25, 0.3) is 0 Å². The number of unbranched alkanes of at least 4 members (excludes halogenated alkanes) is 12. The van der Waals surface area contributed by atoms with Crippen LogP contribution in [0, 0.1) is 0 Å². The lowest BCUT2D eigenvalue weighted by atomic mass is 9.85. The lowest BCUT2D eigenvalue weighted by Gasteiger charge is -2.43. The fourth-order valence-electron chi connectivity index (χ4n) is 6.67. The first-order valence-electron chi connectivity index (χ1n) is 23.6. The molecule has 0 aromatic heterocycles. The Labute approximate surface area is 392 Å². The monoisotopic (exact) mass is 978 g/mol. The first-order chi connectivity index (χ1) is 31.5. The molecule has 8 N–H and O–H groups in total. The molecule has 17 nitrogen and oxygen atoms in total. The smallest absolute Gasteiger partial charge is 0.462 e. The Bertz CT molecular complexity index is 1570. The lowest BCUT2D eigenvalue weighted by molar-refractivity contribution is -0.216. The predicted molar refractivity (Wildman–Crippen MR) is 252 cm³/mol. The summed E-state index contributed by atoms with van der Waals surface area (Å²) in [6, 6.07) is 0. The highest BCUT2D eigenvalue weighted by molar-refractivity contribution is 7.47. The summed E-state index contributed by atoms with van der Waals surface area (Å²) in [4.78, 5) is 54.2. The van der Waals surface area contributed by atoms with Crippen molar-refractivity contribution < 1.29 is 82.0 Å². The molecule has 19 heteroatoms. The molecule has 0 saturated heterocycles. The van der Waals surface area contributed by atoms with Crippen LogP contribution in [0.15, 0.2) is 72.9 Å². The van der Waals surface area contributed by atoms with Crippen LogP contribution in [0.3, 0.4) is 0 Å². The SMILES string of the molecule is CC/C=C\C/C=C\CC(O)/C=C/C=C\C/C=C\CCCC(=O)O[C@H](COC(=O)CCCCCCCCC/C=C\CCCCCC)COP(=O)(O)O[C@H]1C(O)C(O)C(O)[C@@H](OP(=O)(O)O)C1O. The van der Waals surface area contributed by atoms with Crippen LogP contribution in [0.25, 0.3) is 0 Å². The molecular weight excluding hydrogens is 898 g/mol. The number of hydrogen-bond acceptors (Lipinski definition) is 14. The molecule has 1 aliphatic carbocycles. The minimum atomic E-state index is -5.38. The second-order valence-electron chi connectivity index (χ2n) is 16.3. The van der Waals surface area contributed by atoms with Crippen molar-refractivity contribution in [2.45, 2.75) is 198 Å². The number of aliphatic hydroxyl groups excluding tert-OH is 5. The van der Waals surface area contributed by atoms with Crippen molar-refractivity contribution >= 4 is 27.6 Å². The third kappa shape index (κ3) is 31.4. The van der Waals surface area contributed by atoms with Gasteiger partial charge in [-0.05, 0) is 70.6 Å². The number of carbonyl (C=O) groups is 2. The van der Waals surface area contributed by atoms with Crippen LogP contribution in [-0.2, 0) is 41.8 Å². The van der Waals surface area contributed by atoms with Crippen LogP contribution in [0.4, 0.5) is 0 Å². The zero-order valence-corrected chi connectivity index (χ0v) is 40.7. The number of allylic oxidation sites excluding steroid dienone is 10. The number of carbonyl (C=O) groups excluding carboxylic acids is 2. The maximum Gasteiger partial charge on any atom is 0.472 e. The van der Waals surface area contributed by atoms with E-state index in [1.165, 1.54) is 25.7 Å². The average Bonchev–Trinajstić information content (AvgIpc) is 3.27. The highest BCUT2D eigenvalue weighted by Crippen LogP contribution is 2.49. The van der Waals surface area contributed by atoms with E-state index < -0.39 is 89.6 Å². The Kier molecular flexibility index (Phi) is 34.7. The summed E-state index contributed by atoms with van der Waals surface area (Å²) in [6.07, 6.45) is 26.0. The Balaban J connectivity index is 2.67. The number of esters is 2. The lowest BCUT2D eigenvalue weighted by Crippen LogP contribution is -2.64. The number of phosphoric acid groups is 2. The van der Waals surface area contributed by atoms with Gasteiger partial charge in [0.05, 0.1) is 12.7 Å². The summed E-state index contributed by atoms with van der Waals surface area (Å²) in [5.74, 6) is -1.32. The van der Waals surface area contributed by atoms with Gasteiger partial charge < -0.3 is 49.7 Å². The van der Waals surface area contributed by atoms with Crippen molar-refractivity contribution in [1.29, 1.82) is 0 Å². The van der Waals surface area contributed by atoms with Crippen LogP contribution >= 0.6 is 15.6 Å². The molecule has 0 bridgehead atoms. The minimum Gasteiger partial charge on any atom is -0.462 e. The van der Waals surface area contributed by atoms with Gasteiger partial charge >= 0.3 is 27.6 Å². The normalized spacial score (nSPS) is 22.6. The van der Waals surface area contributed by atoms with E-state index in [9.17, 15) is 58.9 Å². The predicted octanol–water partition coefficient (Wildman–Crippen LogP) is 7.81. The van der Waals surface area contributed by atoms with E-state index in [4.69, 9.17) is 18.5 Å². The van der Waals surface area contributed by atoms with E-state index in [1.54, 1.807) is 12.2 Å². The summed E-state index contributed by atoms with van der Waals surface area (Å²) >= 11 is 0. The first-order valence-corrected chi connectivity index (χ1v) is 26.6. The summed E-state index contributed by atoms with van der Waals surface area (Å²) in [5.41, 5.74) is 0. The van der Waals surface area contributed by atoms with Crippen LogP contribution in [0.2, 0.25) is 0 Å². The topological polar surface area (TPSA) is 276 Å². The Morgan fingerprint density at radius 2 is 1.12 bits per heavy atom. The van der Waals surface area contributed by atoms with Crippen LogP contribution in [-0.4, -0.2) is 114 Å². The molecule has 0 aromatic carbocycles. The Morgan fingerprint density at radius 1 is 0.576 bits per heavy atom. The van der Waals surface area contributed by atoms with Gasteiger partial charge in [-0.3, -0.25) is 23.2 Å². The molecule has 0 aliphatic heterocycles. The number of phosphoric ester groups is 2. The van der Waals surface area contributed by atoms with E-state index >= 15 is 0 Å². The van der Waals surface area contributed by atoms with Gasteiger partial charge in [0.1, 0.15) is 43.2 Å². The molecule has 9 atom stereocenters. The van der Waals surface area contributed by atoms with E-state index in [-0.39, 0.29) is 12.8 Å². The van der Waals surface area contributed by atoms with Gasteiger partial charge in [0.2, 0.25) is 0 Å². The summed E-state index contributed by atoms with van der Waals surface area (Å²) in [5, 5.41) is 51.3. The average molecular weight is 979 g/mol. The summed E-state index contributed by atoms with van der Waals surface area (Å²) < 4.78 is 49.3. The molecule has 6 unspecified atom stereocenters. The van der Waals surface area contributed by atoms with Crippen molar-refractivity contribution in [3.05, 3.63) is 72.9 Å². The zero-order chi connectivity index (χ0) is 49.1. The molecular formula is C47H80O17P2. The number of ether oxygens (including phenoxy) is 2. The largest absolute Gasteiger partial charge is 0.472 e. The van der Waals surface area contributed by atoms with E-state index in [1.807, 2.05) is 36.5 Å². The number of rotatable bonds is 38. The van der Waals surface area contributed by atoms with E-state index in [2.05, 4.69) is 42.7 Å². The van der Waals surface area contributed by atoms with Crippen molar-refractivity contribution in [2.24, 2.45) is 0 Å². The number of aliphatic hydroxyl groups is 5. The molecule has 0 radical (unpaired) electrons. The van der Waals surface area contributed by atoms with E-state index in [0.29, 0.717) is 32.1 Å². The molecule has 1 fully saturated rings. The highest BCUT2D eigenvalue weighted by Gasteiger charge is 2.54. The highest BCUT2D eigenvalue weighted by atomic mass is 31.2. The van der Waals surface area contributed by atoms with E-state index in [0.717, 1.165) is 64.2 Å². The van der Waals surface area contributed by atoms with Crippen molar-refractivity contribution in [1.82, 2.24) is 0 Å². The third-order valence-electron chi connectivity index (χ3n) is 10.3.